The highest BCUT2D eigenvalue weighted by molar-refractivity contribution is 14.1. The van der Waals surface area contributed by atoms with Gasteiger partial charge in [0.1, 0.15) is 0 Å². The van der Waals surface area contributed by atoms with Crippen LogP contribution < -0.4 is 10.6 Å². The highest BCUT2D eigenvalue weighted by Gasteiger charge is 2.13. The van der Waals surface area contributed by atoms with E-state index in [0.717, 1.165) is 41.9 Å². The van der Waals surface area contributed by atoms with Crippen LogP contribution in [0.15, 0.2) is 36.4 Å². The molecule has 1 amide bonds. The van der Waals surface area contributed by atoms with Gasteiger partial charge >= 0.3 is 0 Å². The maximum absolute atomic E-state index is 12.4. The number of anilines is 2. The van der Waals surface area contributed by atoms with Gasteiger partial charge in [-0.1, -0.05) is 0 Å². The number of nitrogens with one attached hydrogen (secondary N) is 2. The van der Waals surface area contributed by atoms with Crippen LogP contribution in [-0.2, 0) is 6.42 Å². The minimum Gasteiger partial charge on any atom is -0.385 e. The first-order chi connectivity index (χ1) is 10.1. The van der Waals surface area contributed by atoms with Crippen molar-refractivity contribution < 1.29 is 4.79 Å². The summed E-state index contributed by atoms with van der Waals surface area (Å²) in [4.78, 5) is 12.4. The highest BCUT2D eigenvalue weighted by Crippen LogP contribution is 2.24. The molecule has 2 aromatic carbocycles. The largest absolute Gasteiger partial charge is 0.385 e. The SMILES string of the molecule is Cc1cc(I)ccc1NC(=O)c1ccc2c(c1)CCCN2. The van der Waals surface area contributed by atoms with E-state index in [2.05, 4.69) is 39.3 Å². The van der Waals surface area contributed by atoms with Crippen molar-refractivity contribution in [2.24, 2.45) is 0 Å². The average molecular weight is 392 g/mol. The Bertz CT molecular complexity index is 697. The Hall–Kier alpha value is -1.56. The smallest absolute Gasteiger partial charge is 0.255 e. The zero-order valence-corrected chi connectivity index (χ0v) is 14.0. The van der Waals surface area contributed by atoms with Crippen LogP contribution in [0.2, 0.25) is 0 Å². The lowest BCUT2D eigenvalue weighted by atomic mass is 10.0. The van der Waals surface area contributed by atoms with Gasteiger partial charge in [-0.2, -0.15) is 0 Å². The Morgan fingerprint density at radius 2 is 2.10 bits per heavy atom. The van der Waals surface area contributed by atoms with E-state index in [4.69, 9.17) is 0 Å². The number of amides is 1. The normalized spacial score (nSPS) is 13.2. The number of carbonyl (C=O) groups is 1. The number of hydrogen-bond acceptors (Lipinski definition) is 2. The molecule has 108 valence electrons. The molecule has 0 spiro atoms. The summed E-state index contributed by atoms with van der Waals surface area (Å²) in [5, 5.41) is 6.36. The van der Waals surface area contributed by atoms with E-state index in [0.29, 0.717) is 0 Å². The minimum absolute atomic E-state index is 0.0484. The summed E-state index contributed by atoms with van der Waals surface area (Å²) in [5.41, 5.74) is 5.05. The lowest BCUT2D eigenvalue weighted by Gasteiger charge is -2.18. The molecule has 3 nitrogen and oxygen atoms in total. The molecule has 0 saturated heterocycles. The van der Waals surface area contributed by atoms with Gasteiger partial charge in [-0.3, -0.25) is 4.79 Å². The van der Waals surface area contributed by atoms with Crippen LogP contribution in [0.5, 0.6) is 0 Å². The second-order valence-electron chi connectivity index (χ2n) is 5.32. The van der Waals surface area contributed by atoms with E-state index in [-0.39, 0.29) is 5.91 Å². The molecule has 0 fully saturated rings. The average Bonchev–Trinajstić information content (AvgIpc) is 2.49. The van der Waals surface area contributed by atoms with Gasteiger partial charge in [0.2, 0.25) is 0 Å². The maximum atomic E-state index is 12.4. The van der Waals surface area contributed by atoms with Gasteiger partial charge in [0.15, 0.2) is 0 Å². The molecule has 0 radical (unpaired) electrons. The summed E-state index contributed by atoms with van der Waals surface area (Å²) in [6.07, 6.45) is 2.15. The van der Waals surface area contributed by atoms with Gasteiger partial charge in [-0.05, 0) is 89.9 Å². The Kier molecular flexibility index (Phi) is 4.14. The third kappa shape index (κ3) is 3.20. The fourth-order valence-corrected chi connectivity index (χ4v) is 3.22. The first kappa shape index (κ1) is 14.4. The van der Waals surface area contributed by atoms with Crippen LogP contribution in [0.3, 0.4) is 0 Å². The Balaban J connectivity index is 1.82. The van der Waals surface area contributed by atoms with Crippen molar-refractivity contribution in [2.75, 3.05) is 17.2 Å². The molecule has 1 heterocycles. The summed E-state index contributed by atoms with van der Waals surface area (Å²) in [6, 6.07) is 11.9. The van der Waals surface area contributed by atoms with Gasteiger partial charge < -0.3 is 10.6 Å². The first-order valence-electron chi connectivity index (χ1n) is 7.08. The monoisotopic (exact) mass is 392 g/mol. The number of halogens is 1. The predicted molar refractivity (Wildman–Crippen MR) is 95.1 cm³/mol. The van der Waals surface area contributed by atoms with Gasteiger partial charge in [-0.25, -0.2) is 0 Å². The standard InChI is InChI=1S/C17H17IN2O/c1-11-9-14(18)5-7-15(11)20-17(21)13-4-6-16-12(10-13)3-2-8-19-16/h4-7,9-10,19H,2-3,8H2,1H3,(H,20,21). The molecule has 0 saturated carbocycles. The first-order valence-corrected chi connectivity index (χ1v) is 8.16. The Labute approximate surface area is 138 Å². The lowest BCUT2D eigenvalue weighted by Crippen LogP contribution is -2.16. The summed E-state index contributed by atoms with van der Waals surface area (Å²) in [5.74, 6) is -0.0484. The van der Waals surface area contributed by atoms with Crippen molar-refractivity contribution in [3.8, 4) is 0 Å². The van der Waals surface area contributed by atoms with Gasteiger partial charge in [-0.15, -0.1) is 0 Å². The van der Waals surface area contributed by atoms with Crippen LogP contribution in [0.1, 0.15) is 27.9 Å². The van der Waals surface area contributed by atoms with E-state index in [1.54, 1.807) is 0 Å². The molecule has 1 aliphatic rings. The zero-order chi connectivity index (χ0) is 14.8. The number of benzene rings is 2. The third-order valence-corrected chi connectivity index (χ3v) is 4.41. The number of fused-ring (bicyclic) bond motifs is 1. The van der Waals surface area contributed by atoms with Crippen molar-refractivity contribution in [3.63, 3.8) is 0 Å². The molecule has 0 unspecified atom stereocenters. The predicted octanol–water partition coefficient (Wildman–Crippen LogP) is 4.21. The van der Waals surface area contributed by atoms with E-state index in [1.807, 2.05) is 37.3 Å². The molecule has 1 aliphatic heterocycles. The van der Waals surface area contributed by atoms with Gasteiger partial charge in [0.25, 0.3) is 5.91 Å². The molecule has 21 heavy (non-hydrogen) atoms. The molecule has 2 aromatic rings. The Morgan fingerprint density at radius 3 is 2.90 bits per heavy atom. The van der Waals surface area contributed by atoms with Crippen LogP contribution in [0.4, 0.5) is 11.4 Å². The van der Waals surface area contributed by atoms with Crippen molar-refractivity contribution in [2.45, 2.75) is 19.8 Å². The Morgan fingerprint density at radius 1 is 1.24 bits per heavy atom. The molecule has 0 aliphatic carbocycles. The van der Waals surface area contributed by atoms with E-state index < -0.39 is 0 Å². The summed E-state index contributed by atoms with van der Waals surface area (Å²) >= 11 is 2.27. The van der Waals surface area contributed by atoms with Crippen LogP contribution >= 0.6 is 22.6 Å². The van der Waals surface area contributed by atoms with Crippen molar-refractivity contribution in [1.82, 2.24) is 0 Å². The van der Waals surface area contributed by atoms with E-state index in [9.17, 15) is 4.79 Å². The molecule has 0 bridgehead atoms. The number of rotatable bonds is 2. The van der Waals surface area contributed by atoms with Crippen LogP contribution in [-0.4, -0.2) is 12.5 Å². The molecular formula is C17H17IN2O. The fraction of sp³-hybridized carbons (Fsp3) is 0.235. The molecule has 0 aromatic heterocycles. The summed E-state index contributed by atoms with van der Waals surface area (Å²) in [7, 11) is 0. The number of carbonyl (C=O) groups excluding carboxylic acids is 1. The number of hydrogen-bond donors (Lipinski definition) is 2. The molecule has 3 rings (SSSR count). The van der Waals surface area contributed by atoms with Crippen molar-refractivity contribution in [1.29, 1.82) is 0 Å². The quantitative estimate of drug-likeness (QED) is 0.752. The minimum atomic E-state index is -0.0484. The summed E-state index contributed by atoms with van der Waals surface area (Å²) in [6.45, 7) is 3.02. The molecular weight excluding hydrogens is 375 g/mol. The molecule has 0 atom stereocenters. The zero-order valence-electron chi connectivity index (χ0n) is 11.9. The highest BCUT2D eigenvalue weighted by atomic mass is 127. The fourth-order valence-electron chi connectivity index (χ4n) is 2.58. The van der Waals surface area contributed by atoms with E-state index >= 15 is 0 Å². The second-order valence-corrected chi connectivity index (χ2v) is 6.56. The second kappa shape index (κ2) is 6.05. The van der Waals surface area contributed by atoms with Crippen molar-refractivity contribution in [3.05, 3.63) is 56.7 Å². The topological polar surface area (TPSA) is 41.1 Å². The van der Waals surface area contributed by atoms with Crippen LogP contribution in [0, 0.1) is 10.5 Å². The molecule has 4 heteroatoms. The van der Waals surface area contributed by atoms with Gasteiger partial charge in [0.05, 0.1) is 0 Å². The number of aryl methyl sites for hydroxylation is 2. The molecule has 2 N–H and O–H groups in total. The van der Waals surface area contributed by atoms with Gasteiger partial charge in [0, 0.05) is 27.1 Å². The maximum Gasteiger partial charge on any atom is 0.255 e. The third-order valence-electron chi connectivity index (χ3n) is 3.74. The van der Waals surface area contributed by atoms with E-state index in [1.165, 1.54) is 9.13 Å². The summed E-state index contributed by atoms with van der Waals surface area (Å²) < 4.78 is 1.17. The van der Waals surface area contributed by atoms with Crippen molar-refractivity contribution >= 4 is 39.9 Å². The lowest BCUT2D eigenvalue weighted by molar-refractivity contribution is 0.102. The van der Waals surface area contributed by atoms with Crippen LogP contribution in [0.25, 0.3) is 0 Å².